The Balaban J connectivity index is 2.75. The van der Waals surface area contributed by atoms with Crippen molar-refractivity contribution in [3.8, 4) is 11.5 Å². The molecular weight excluding hydrogens is 240 g/mol. The molecule has 4 nitrogen and oxygen atoms in total. The van der Waals surface area contributed by atoms with Gasteiger partial charge in [-0.25, -0.2) is 0 Å². The third-order valence-electron chi connectivity index (χ3n) is 3.48. The van der Waals surface area contributed by atoms with Gasteiger partial charge in [0, 0.05) is 6.04 Å². The molecule has 0 heterocycles. The zero-order chi connectivity index (χ0) is 14.4. The van der Waals surface area contributed by atoms with Crippen molar-refractivity contribution in [1.82, 2.24) is 9.80 Å². The number of hydrogen-bond donors (Lipinski definition) is 2. The minimum Gasteiger partial charge on any atom is -0.507 e. The van der Waals surface area contributed by atoms with Crippen LogP contribution in [0.15, 0.2) is 18.2 Å². The first kappa shape index (κ1) is 15.8. The van der Waals surface area contributed by atoms with E-state index in [0.717, 1.165) is 26.1 Å². The van der Waals surface area contributed by atoms with Crippen molar-refractivity contribution in [2.75, 3.05) is 33.7 Å². The fraction of sp³-hybridized carbons (Fsp3) is 0.600. The van der Waals surface area contributed by atoms with Crippen LogP contribution in [0.4, 0.5) is 0 Å². The lowest BCUT2D eigenvalue weighted by Gasteiger charge is -2.29. The molecule has 0 aromatic heterocycles. The van der Waals surface area contributed by atoms with Crippen LogP contribution >= 0.6 is 0 Å². The molecule has 1 aromatic carbocycles. The molecule has 4 heteroatoms. The van der Waals surface area contributed by atoms with Gasteiger partial charge in [-0.05, 0) is 59.2 Å². The van der Waals surface area contributed by atoms with Crippen LogP contribution in [0.1, 0.15) is 31.9 Å². The first-order valence-electron chi connectivity index (χ1n) is 6.87. The molecule has 108 valence electrons. The van der Waals surface area contributed by atoms with Crippen molar-refractivity contribution in [2.24, 2.45) is 0 Å². The Morgan fingerprint density at radius 2 is 1.68 bits per heavy atom. The maximum Gasteiger partial charge on any atom is 0.124 e. The molecule has 0 aliphatic carbocycles. The SMILES string of the molecule is CCN(CCCN(C)C)C(C)c1c(O)cccc1O. The van der Waals surface area contributed by atoms with Crippen LogP contribution in [0, 0.1) is 0 Å². The monoisotopic (exact) mass is 266 g/mol. The Labute approximate surface area is 116 Å². The minimum atomic E-state index is 0.00774. The summed E-state index contributed by atoms with van der Waals surface area (Å²) in [6, 6.07) is 4.91. The second-order valence-corrected chi connectivity index (χ2v) is 5.17. The second-order valence-electron chi connectivity index (χ2n) is 5.17. The molecule has 0 saturated carbocycles. The van der Waals surface area contributed by atoms with E-state index in [1.165, 1.54) is 0 Å². The van der Waals surface area contributed by atoms with Crippen LogP contribution < -0.4 is 0 Å². The van der Waals surface area contributed by atoms with Gasteiger partial charge in [0.2, 0.25) is 0 Å². The van der Waals surface area contributed by atoms with Crippen molar-refractivity contribution in [1.29, 1.82) is 0 Å². The van der Waals surface area contributed by atoms with Crippen molar-refractivity contribution < 1.29 is 10.2 Å². The first-order valence-corrected chi connectivity index (χ1v) is 6.87. The zero-order valence-electron chi connectivity index (χ0n) is 12.4. The van der Waals surface area contributed by atoms with Crippen LogP contribution in [-0.4, -0.2) is 53.7 Å². The van der Waals surface area contributed by atoms with E-state index in [1.807, 2.05) is 6.92 Å². The number of rotatable bonds is 7. The highest BCUT2D eigenvalue weighted by Crippen LogP contribution is 2.35. The number of hydrogen-bond acceptors (Lipinski definition) is 4. The molecule has 1 unspecified atom stereocenters. The summed E-state index contributed by atoms with van der Waals surface area (Å²) in [4.78, 5) is 4.42. The normalized spacial score (nSPS) is 13.2. The second kappa shape index (κ2) is 7.36. The predicted octanol–water partition coefficient (Wildman–Crippen LogP) is 2.43. The molecule has 0 aliphatic heterocycles. The number of phenolic OH excluding ortho intramolecular Hbond substituents is 2. The third-order valence-corrected chi connectivity index (χ3v) is 3.48. The van der Waals surface area contributed by atoms with Crippen LogP contribution in [0.25, 0.3) is 0 Å². The van der Waals surface area contributed by atoms with E-state index in [1.54, 1.807) is 18.2 Å². The largest absolute Gasteiger partial charge is 0.507 e. The Bertz CT molecular complexity index is 373. The Morgan fingerprint density at radius 3 is 2.16 bits per heavy atom. The lowest BCUT2D eigenvalue weighted by Crippen LogP contribution is -2.30. The summed E-state index contributed by atoms with van der Waals surface area (Å²) in [5.74, 6) is 0.331. The summed E-state index contributed by atoms with van der Waals surface area (Å²) in [5.41, 5.74) is 0.620. The Morgan fingerprint density at radius 1 is 1.11 bits per heavy atom. The van der Waals surface area contributed by atoms with E-state index in [2.05, 4.69) is 30.8 Å². The average Bonchev–Trinajstić information content (AvgIpc) is 2.34. The molecular formula is C15H26N2O2. The van der Waals surface area contributed by atoms with Gasteiger partial charge in [-0.1, -0.05) is 13.0 Å². The summed E-state index contributed by atoms with van der Waals surface area (Å²) >= 11 is 0. The Hall–Kier alpha value is -1.26. The predicted molar refractivity (Wildman–Crippen MR) is 78.6 cm³/mol. The van der Waals surface area contributed by atoms with Gasteiger partial charge in [-0.3, -0.25) is 4.90 Å². The number of nitrogens with zero attached hydrogens (tertiary/aromatic N) is 2. The van der Waals surface area contributed by atoms with Crippen molar-refractivity contribution in [3.63, 3.8) is 0 Å². The molecule has 0 amide bonds. The van der Waals surface area contributed by atoms with E-state index in [9.17, 15) is 10.2 Å². The van der Waals surface area contributed by atoms with E-state index < -0.39 is 0 Å². The Kier molecular flexibility index (Phi) is 6.12. The van der Waals surface area contributed by atoms with E-state index in [4.69, 9.17) is 0 Å². The van der Waals surface area contributed by atoms with Crippen molar-refractivity contribution >= 4 is 0 Å². The van der Waals surface area contributed by atoms with Gasteiger partial charge in [-0.2, -0.15) is 0 Å². The molecule has 1 aromatic rings. The molecule has 19 heavy (non-hydrogen) atoms. The van der Waals surface area contributed by atoms with E-state index >= 15 is 0 Å². The molecule has 0 spiro atoms. The quantitative estimate of drug-likeness (QED) is 0.796. The molecule has 0 saturated heterocycles. The summed E-state index contributed by atoms with van der Waals surface area (Å²) in [5, 5.41) is 19.8. The van der Waals surface area contributed by atoms with Crippen LogP contribution in [0.3, 0.4) is 0 Å². The van der Waals surface area contributed by atoms with Gasteiger partial charge in [0.15, 0.2) is 0 Å². The molecule has 2 N–H and O–H groups in total. The highest BCUT2D eigenvalue weighted by molar-refractivity contribution is 5.44. The van der Waals surface area contributed by atoms with Gasteiger partial charge in [0.1, 0.15) is 11.5 Å². The molecule has 0 bridgehead atoms. The summed E-state index contributed by atoms with van der Waals surface area (Å²) < 4.78 is 0. The van der Waals surface area contributed by atoms with Gasteiger partial charge >= 0.3 is 0 Å². The van der Waals surface area contributed by atoms with Crippen LogP contribution in [0.5, 0.6) is 11.5 Å². The maximum atomic E-state index is 9.92. The fourth-order valence-corrected chi connectivity index (χ4v) is 2.37. The van der Waals surface area contributed by atoms with E-state index in [0.29, 0.717) is 5.56 Å². The number of phenols is 2. The molecule has 0 radical (unpaired) electrons. The molecule has 1 rings (SSSR count). The van der Waals surface area contributed by atoms with Crippen molar-refractivity contribution in [3.05, 3.63) is 23.8 Å². The van der Waals surface area contributed by atoms with E-state index in [-0.39, 0.29) is 17.5 Å². The number of aromatic hydroxyl groups is 2. The minimum absolute atomic E-state index is 0.00774. The zero-order valence-corrected chi connectivity index (χ0v) is 12.4. The fourth-order valence-electron chi connectivity index (χ4n) is 2.37. The van der Waals surface area contributed by atoms with Crippen molar-refractivity contribution in [2.45, 2.75) is 26.3 Å². The lowest BCUT2D eigenvalue weighted by atomic mass is 10.0. The van der Waals surface area contributed by atoms with Gasteiger partial charge < -0.3 is 15.1 Å². The third kappa shape index (κ3) is 4.40. The topological polar surface area (TPSA) is 46.9 Å². The standard InChI is InChI=1S/C15H26N2O2/c1-5-17(11-7-10-16(3)4)12(2)15-13(18)8-6-9-14(15)19/h6,8-9,12,18-19H,5,7,10-11H2,1-4H3. The first-order chi connectivity index (χ1) is 8.97. The van der Waals surface area contributed by atoms with Gasteiger partial charge in [-0.15, -0.1) is 0 Å². The highest BCUT2D eigenvalue weighted by Gasteiger charge is 2.20. The van der Waals surface area contributed by atoms with Gasteiger partial charge in [0.05, 0.1) is 5.56 Å². The molecule has 0 fully saturated rings. The molecule has 0 aliphatic rings. The highest BCUT2D eigenvalue weighted by atomic mass is 16.3. The van der Waals surface area contributed by atoms with Crippen LogP contribution in [-0.2, 0) is 0 Å². The average molecular weight is 266 g/mol. The van der Waals surface area contributed by atoms with Crippen LogP contribution in [0.2, 0.25) is 0 Å². The lowest BCUT2D eigenvalue weighted by molar-refractivity contribution is 0.203. The number of benzene rings is 1. The summed E-state index contributed by atoms with van der Waals surface area (Å²) in [7, 11) is 4.13. The molecule has 1 atom stereocenters. The summed E-state index contributed by atoms with van der Waals surface area (Å²) in [6.45, 7) is 7.00. The maximum absolute atomic E-state index is 9.92. The smallest absolute Gasteiger partial charge is 0.124 e. The summed E-state index contributed by atoms with van der Waals surface area (Å²) in [6.07, 6.45) is 1.07. The van der Waals surface area contributed by atoms with Gasteiger partial charge in [0.25, 0.3) is 0 Å².